The number of carbonyl (C=O) groups excluding carboxylic acids is 1. The molecule has 0 unspecified atom stereocenters. The van der Waals surface area contributed by atoms with Crippen LogP contribution in [0.3, 0.4) is 0 Å². The number of urea groups is 1. The van der Waals surface area contributed by atoms with Crippen molar-refractivity contribution in [2.45, 2.75) is 32.4 Å². The SMILES string of the molecule is O=C(NCc1cccc(CN2CCC(Cc3ccccc3)CC2)c1)Nc1cc(F)ccc1F. The van der Waals surface area contributed by atoms with Crippen LogP contribution in [0.2, 0.25) is 0 Å². The van der Waals surface area contributed by atoms with E-state index in [4.69, 9.17) is 0 Å². The van der Waals surface area contributed by atoms with Crippen LogP contribution in [0, 0.1) is 17.6 Å². The largest absolute Gasteiger partial charge is 0.334 e. The van der Waals surface area contributed by atoms with Crippen LogP contribution in [0.1, 0.15) is 29.5 Å². The normalized spacial score (nSPS) is 14.7. The Kier molecular flexibility index (Phi) is 7.68. The minimum absolute atomic E-state index is 0.183. The first-order valence-corrected chi connectivity index (χ1v) is 11.4. The molecule has 1 aliphatic rings. The van der Waals surface area contributed by atoms with Crippen LogP contribution < -0.4 is 10.6 Å². The van der Waals surface area contributed by atoms with Gasteiger partial charge in [0.15, 0.2) is 0 Å². The van der Waals surface area contributed by atoms with E-state index >= 15 is 0 Å². The van der Waals surface area contributed by atoms with E-state index in [9.17, 15) is 13.6 Å². The van der Waals surface area contributed by atoms with Crippen LogP contribution >= 0.6 is 0 Å². The monoisotopic (exact) mass is 449 g/mol. The standard InChI is InChI=1S/C27H29F2N3O/c28-24-9-10-25(29)26(17-24)31-27(33)30-18-22-7-4-8-23(16-22)19-32-13-11-21(12-14-32)15-20-5-2-1-3-6-20/h1-10,16-17,21H,11-15,18-19H2,(H2,30,31,33). The number of amides is 2. The van der Waals surface area contributed by atoms with Crippen LogP contribution in [0.25, 0.3) is 0 Å². The number of benzene rings is 3. The number of nitrogens with zero attached hydrogens (tertiary/aromatic N) is 1. The lowest BCUT2D eigenvalue weighted by Crippen LogP contribution is -2.34. The highest BCUT2D eigenvalue weighted by Crippen LogP contribution is 2.23. The van der Waals surface area contributed by atoms with Gasteiger partial charge in [0.1, 0.15) is 11.6 Å². The number of piperidine rings is 1. The van der Waals surface area contributed by atoms with Crippen molar-refractivity contribution in [2.75, 3.05) is 18.4 Å². The molecule has 0 aliphatic carbocycles. The quantitative estimate of drug-likeness (QED) is 0.483. The van der Waals surface area contributed by atoms with Gasteiger partial charge in [-0.2, -0.15) is 0 Å². The zero-order chi connectivity index (χ0) is 23.0. The Balaban J connectivity index is 1.23. The van der Waals surface area contributed by atoms with E-state index in [1.54, 1.807) is 0 Å². The van der Waals surface area contributed by atoms with Gasteiger partial charge in [0.25, 0.3) is 0 Å². The maximum Gasteiger partial charge on any atom is 0.319 e. The Bertz CT molecular complexity index is 1070. The van der Waals surface area contributed by atoms with Crippen molar-refractivity contribution in [3.8, 4) is 0 Å². The van der Waals surface area contributed by atoms with E-state index in [0.29, 0.717) is 6.54 Å². The predicted octanol–water partition coefficient (Wildman–Crippen LogP) is 5.74. The van der Waals surface area contributed by atoms with Crippen LogP contribution in [-0.4, -0.2) is 24.0 Å². The predicted molar refractivity (Wildman–Crippen MR) is 127 cm³/mol. The molecule has 0 bridgehead atoms. The number of hydrogen-bond donors (Lipinski definition) is 2. The van der Waals surface area contributed by atoms with Gasteiger partial charge in [-0.25, -0.2) is 13.6 Å². The molecule has 0 atom stereocenters. The molecule has 4 rings (SSSR count). The van der Waals surface area contributed by atoms with Crippen LogP contribution in [0.4, 0.5) is 19.3 Å². The van der Waals surface area contributed by atoms with Crippen LogP contribution in [0.5, 0.6) is 0 Å². The Morgan fingerprint density at radius 2 is 1.61 bits per heavy atom. The lowest BCUT2D eigenvalue weighted by molar-refractivity contribution is 0.177. The summed E-state index contributed by atoms with van der Waals surface area (Å²) in [5, 5.41) is 5.05. The molecular weight excluding hydrogens is 420 g/mol. The molecule has 172 valence electrons. The number of hydrogen-bond acceptors (Lipinski definition) is 2. The topological polar surface area (TPSA) is 44.4 Å². The van der Waals surface area contributed by atoms with Gasteiger partial charge in [-0.15, -0.1) is 0 Å². The van der Waals surface area contributed by atoms with E-state index in [1.807, 2.05) is 12.1 Å². The van der Waals surface area contributed by atoms with Gasteiger partial charge in [-0.1, -0.05) is 54.6 Å². The van der Waals surface area contributed by atoms with E-state index in [1.165, 1.54) is 24.0 Å². The number of likely N-dealkylation sites (tertiary alicyclic amines) is 1. The summed E-state index contributed by atoms with van der Waals surface area (Å²) in [6, 6.07) is 21.2. The minimum atomic E-state index is -0.680. The third kappa shape index (κ3) is 6.86. The first kappa shape index (κ1) is 22.9. The second-order valence-electron chi connectivity index (χ2n) is 8.66. The van der Waals surface area contributed by atoms with Crippen molar-refractivity contribution in [1.29, 1.82) is 0 Å². The van der Waals surface area contributed by atoms with Crippen molar-refractivity contribution in [3.63, 3.8) is 0 Å². The minimum Gasteiger partial charge on any atom is -0.334 e. The molecule has 0 radical (unpaired) electrons. The fourth-order valence-electron chi connectivity index (χ4n) is 4.33. The number of carbonyl (C=O) groups is 1. The molecule has 2 N–H and O–H groups in total. The molecule has 3 aromatic rings. The molecule has 3 aromatic carbocycles. The summed E-state index contributed by atoms with van der Waals surface area (Å²) in [6.07, 6.45) is 3.55. The van der Waals surface area contributed by atoms with Gasteiger partial charge in [-0.3, -0.25) is 4.90 Å². The van der Waals surface area contributed by atoms with Gasteiger partial charge < -0.3 is 10.6 Å². The van der Waals surface area contributed by atoms with Crippen molar-refractivity contribution in [3.05, 3.63) is 101 Å². The fraction of sp³-hybridized carbons (Fsp3) is 0.296. The Hall–Kier alpha value is -3.25. The first-order valence-electron chi connectivity index (χ1n) is 11.4. The van der Waals surface area contributed by atoms with Crippen LogP contribution in [-0.2, 0) is 19.5 Å². The van der Waals surface area contributed by atoms with E-state index in [0.717, 1.165) is 55.7 Å². The number of anilines is 1. The zero-order valence-electron chi connectivity index (χ0n) is 18.6. The summed E-state index contributed by atoms with van der Waals surface area (Å²) in [7, 11) is 0. The summed E-state index contributed by atoms with van der Waals surface area (Å²) in [5.41, 5.74) is 3.39. The fourth-order valence-corrected chi connectivity index (χ4v) is 4.33. The van der Waals surface area contributed by atoms with Gasteiger partial charge in [0.05, 0.1) is 5.69 Å². The second-order valence-corrected chi connectivity index (χ2v) is 8.66. The Labute approximate surface area is 193 Å². The van der Waals surface area contributed by atoms with Gasteiger partial charge in [0.2, 0.25) is 0 Å². The molecule has 1 heterocycles. The average Bonchev–Trinajstić information content (AvgIpc) is 2.82. The summed E-state index contributed by atoms with van der Waals surface area (Å²) < 4.78 is 27.0. The van der Waals surface area contributed by atoms with Gasteiger partial charge >= 0.3 is 6.03 Å². The maximum atomic E-state index is 13.7. The highest BCUT2D eigenvalue weighted by atomic mass is 19.1. The molecule has 0 saturated carbocycles. The molecule has 1 aliphatic heterocycles. The highest BCUT2D eigenvalue weighted by Gasteiger charge is 2.19. The molecule has 2 amide bonds. The number of rotatable bonds is 7. The van der Waals surface area contributed by atoms with Gasteiger partial charge in [-0.05, 0) is 67.1 Å². The van der Waals surface area contributed by atoms with E-state index in [2.05, 4.69) is 58.0 Å². The molecular formula is C27H29F2N3O. The van der Waals surface area contributed by atoms with Crippen molar-refractivity contribution < 1.29 is 13.6 Å². The third-order valence-electron chi connectivity index (χ3n) is 6.10. The average molecular weight is 450 g/mol. The molecule has 6 heteroatoms. The van der Waals surface area contributed by atoms with Crippen molar-refractivity contribution in [2.24, 2.45) is 5.92 Å². The second kappa shape index (κ2) is 11.1. The number of nitrogens with one attached hydrogen (secondary N) is 2. The molecule has 0 aromatic heterocycles. The maximum absolute atomic E-state index is 13.7. The number of halogens is 2. The van der Waals surface area contributed by atoms with E-state index in [-0.39, 0.29) is 5.69 Å². The molecule has 0 spiro atoms. The lowest BCUT2D eigenvalue weighted by atomic mass is 9.90. The van der Waals surface area contributed by atoms with Gasteiger partial charge in [0, 0.05) is 19.2 Å². The summed E-state index contributed by atoms with van der Waals surface area (Å²) in [6.45, 7) is 3.35. The molecule has 1 saturated heterocycles. The highest BCUT2D eigenvalue weighted by molar-refractivity contribution is 5.89. The third-order valence-corrected chi connectivity index (χ3v) is 6.10. The van der Waals surface area contributed by atoms with Crippen molar-refractivity contribution >= 4 is 11.7 Å². The zero-order valence-corrected chi connectivity index (χ0v) is 18.6. The lowest BCUT2D eigenvalue weighted by Gasteiger charge is -2.32. The molecule has 33 heavy (non-hydrogen) atoms. The van der Waals surface area contributed by atoms with Crippen LogP contribution in [0.15, 0.2) is 72.8 Å². The van der Waals surface area contributed by atoms with Crippen molar-refractivity contribution in [1.82, 2.24) is 10.2 Å². The Morgan fingerprint density at radius 1 is 0.879 bits per heavy atom. The first-order chi connectivity index (χ1) is 16.0. The smallest absolute Gasteiger partial charge is 0.319 e. The summed E-state index contributed by atoms with van der Waals surface area (Å²) in [4.78, 5) is 14.6. The molecule has 1 fully saturated rings. The van der Waals surface area contributed by atoms with E-state index < -0.39 is 17.7 Å². The summed E-state index contributed by atoms with van der Waals surface area (Å²) >= 11 is 0. The molecule has 4 nitrogen and oxygen atoms in total. The summed E-state index contributed by atoms with van der Waals surface area (Å²) in [5.74, 6) is -0.551. The Morgan fingerprint density at radius 3 is 2.39 bits per heavy atom.